The molecule has 1 atom stereocenters. The van der Waals surface area contributed by atoms with Gasteiger partial charge in [0.2, 0.25) is 0 Å². The monoisotopic (exact) mass is 265 g/mol. The highest BCUT2D eigenvalue weighted by atomic mass is 16.5. The van der Waals surface area contributed by atoms with Crippen LogP contribution in [-0.4, -0.2) is 24.2 Å². The van der Waals surface area contributed by atoms with Gasteiger partial charge in [-0.05, 0) is 37.9 Å². The van der Waals surface area contributed by atoms with Crippen molar-refractivity contribution < 1.29 is 4.74 Å². The number of likely N-dealkylation sites (N-methyl/N-ethyl adjacent to an activating group) is 1. The van der Waals surface area contributed by atoms with Crippen LogP contribution in [0, 0.1) is 6.92 Å². The van der Waals surface area contributed by atoms with E-state index in [4.69, 9.17) is 10.5 Å². The smallest absolute Gasteiger partial charge is 0.128 e. The Morgan fingerprint density at radius 2 is 2.00 bits per heavy atom. The molecule has 0 aliphatic heterocycles. The van der Waals surface area contributed by atoms with E-state index in [-0.39, 0.29) is 11.6 Å². The van der Waals surface area contributed by atoms with Crippen molar-refractivity contribution in [2.75, 3.05) is 19.4 Å². The van der Waals surface area contributed by atoms with Gasteiger partial charge in [-0.25, -0.2) is 4.98 Å². The van der Waals surface area contributed by atoms with E-state index in [9.17, 15) is 0 Å². The molecule has 1 unspecified atom stereocenters. The molecule has 0 aliphatic rings. The minimum absolute atomic E-state index is 0.0601. The molecule has 0 aromatic carbocycles. The highest BCUT2D eigenvalue weighted by Crippen LogP contribution is 2.36. The molecule has 0 radical (unpaired) electrons. The third kappa shape index (κ3) is 3.25. The molecule has 4 heteroatoms. The summed E-state index contributed by atoms with van der Waals surface area (Å²) >= 11 is 0. The van der Waals surface area contributed by atoms with Gasteiger partial charge in [0.05, 0.1) is 11.6 Å². The molecular weight excluding hydrogens is 238 g/mol. The van der Waals surface area contributed by atoms with Crippen molar-refractivity contribution in [1.82, 2.24) is 10.3 Å². The fourth-order valence-corrected chi connectivity index (χ4v) is 2.68. The van der Waals surface area contributed by atoms with Crippen LogP contribution in [0.5, 0.6) is 0 Å². The maximum atomic E-state index is 6.07. The minimum Gasteiger partial charge on any atom is -0.383 e. The fourth-order valence-electron chi connectivity index (χ4n) is 2.68. The summed E-state index contributed by atoms with van der Waals surface area (Å²) in [4.78, 5) is 4.28. The normalized spacial score (nSPS) is 13.5. The lowest BCUT2D eigenvalue weighted by molar-refractivity contribution is -0.0481. The lowest BCUT2D eigenvalue weighted by Gasteiger charge is -2.39. The summed E-state index contributed by atoms with van der Waals surface area (Å²) < 4.78 is 5.85. The van der Waals surface area contributed by atoms with Crippen LogP contribution in [0.3, 0.4) is 0 Å². The molecule has 3 N–H and O–H groups in total. The van der Waals surface area contributed by atoms with Gasteiger partial charge >= 0.3 is 0 Å². The first kappa shape index (κ1) is 15.9. The number of aryl methyl sites for hydroxylation is 1. The van der Waals surface area contributed by atoms with Gasteiger partial charge in [0.25, 0.3) is 0 Å². The number of rotatable bonds is 7. The highest BCUT2D eigenvalue weighted by Gasteiger charge is 2.37. The number of aromatic nitrogens is 1. The number of nitrogens with zero attached hydrogens (tertiary/aromatic N) is 1. The predicted molar refractivity (Wildman–Crippen MR) is 80.1 cm³/mol. The molecule has 0 spiro atoms. The Bertz CT molecular complexity index is 394. The maximum Gasteiger partial charge on any atom is 0.128 e. The van der Waals surface area contributed by atoms with Crippen molar-refractivity contribution in [1.29, 1.82) is 0 Å². The van der Waals surface area contributed by atoms with Crippen molar-refractivity contribution in [2.24, 2.45) is 0 Å². The van der Waals surface area contributed by atoms with E-state index in [1.54, 1.807) is 13.3 Å². The average Bonchev–Trinajstić information content (AvgIpc) is 2.43. The molecule has 108 valence electrons. The summed E-state index contributed by atoms with van der Waals surface area (Å²) in [6.45, 7) is 9.29. The zero-order valence-electron chi connectivity index (χ0n) is 12.8. The minimum atomic E-state index is -0.250. The molecule has 1 aromatic heterocycles. The summed E-state index contributed by atoms with van der Waals surface area (Å²) in [6, 6.07) is 2.17. The van der Waals surface area contributed by atoms with E-state index in [2.05, 4.69) is 37.1 Å². The number of anilines is 1. The number of methoxy groups -OCH3 is 1. The molecular formula is C15H27N3O. The molecule has 0 aliphatic carbocycles. The van der Waals surface area contributed by atoms with Crippen LogP contribution in [0.15, 0.2) is 12.3 Å². The first-order valence-corrected chi connectivity index (χ1v) is 7.05. The van der Waals surface area contributed by atoms with Crippen molar-refractivity contribution >= 4 is 5.82 Å². The SMILES string of the molecule is CCNC(c1cc(C)cnc1N)C(CC)(CC)OC. The second kappa shape index (κ2) is 6.87. The number of hydrogen-bond acceptors (Lipinski definition) is 4. The van der Waals surface area contributed by atoms with Crippen LogP contribution in [-0.2, 0) is 4.74 Å². The first-order chi connectivity index (χ1) is 9.04. The number of hydrogen-bond donors (Lipinski definition) is 2. The Morgan fingerprint density at radius 3 is 2.47 bits per heavy atom. The molecule has 0 saturated carbocycles. The third-order valence-electron chi connectivity index (χ3n) is 3.94. The first-order valence-electron chi connectivity index (χ1n) is 7.05. The second-order valence-corrected chi connectivity index (χ2v) is 4.95. The summed E-state index contributed by atoms with van der Waals surface area (Å²) in [6.07, 6.45) is 3.64. The van der Waals surface area contributed by atoms with Gasteiger partial charge in [-0.2, -0.15) is 0 Å². The zero-order valence-corrected chi connectivity index (χ0v) is 12.8. The summed E-state index contributed by atoms with van der Waals surface area (Å²) in [5.74, 6) is 0.583. The predicted octanol–water partition coefficient (Wildman–Crippen LogP) is 2.83. The molecule has 1 rings (SSSR count). The van der Waals surface area contributed by atoms with Crippen LogP contribution < -0.4 is 11.1 Å². The molecule has 4 nitrogen and oxygen atoms in total. The zero-order chi connectivity index (χ0) is 14.5. The van der Waals surface area contributed by atoms with E-state index in [1.807, 2.05) is 6.92 Å². The molecule has 0 saturated heterocycles. The van der Waals surface area contributed by atoms with Crippen LogP contribution in [0.1, 0.15) is 50.8 Å². The van der Waals surface area contributed by atoms with Gasteiger partial charge in [0.15, 0.2) is 0 Å². The Labute approximate surface area is 116 Å². The maximum absolute atomic E-state index is 6.07. The molecule has 0 bridgehead atoms. The molecule has 0 fully saturated rings. The quantitative estimate of drug-likeness (QED) is 0.796. The lowest BCUT2D eigenvalue weighted by Crippen LogP contribution is -2.45. The van der Waals surface area contributed by atoms with Gasteiger partial charge in [-0.15, -0.1) is 0 Å². The number of nitrogen functional groups attached to an aromatic ring is 1. The van der Waals surface area contributed by atoms with Crippen LogP contribution >= 0.6 is 0 Å². The second-order valence-electron chi connectivity index (χ2n) is 4.95. The number of nitrogens with one attached hydrogen (secondary N) is 1. The Kier molecular flexibility index (Phi) is 5.76. The van der Waals surface area contributed by atoms with E-state index in [0.717, 1.165) is 30.5 Å². The summed E-state index contributed by atoms with van der Waals surface area (Å²) in [5, 5.41) is 3.52. The van der Waals surface area contributed by atoms with Gasteiger partial charge in [0, 0.05) is 18.9 Å². The lowest BCUT2D eigenvalue weighted by atomic mass is 9.83. The fraction of sp³-hybridized carbons (Fsp3) is 0.667. The standard InChI is InChI=1S/C15H27N3O/c1-6-15(7-2,19-5)13(17-8-3)12-9-11(4)10-18-14(12)16/h9-10,13,17H,6-8H2,1-5H3,(H2,16,18). The van der Waals surface area contributed by atoms with Crippen LogP contribution in [0.4, 0.5) is 5.82 Å². The Hall–Kier alpha value is -1.13. The largest absolute Gasteiger partial charge is 0.383 e. The van der Waals surface area contributed by atoms with Crippen molar-refractivity contribution in [3.63, 3.8) is 0 Å². The molecule has 1 aromatic rings. The molecule has 1 heterocycles. The summed E-state index contributed by atoms with van der Waals surface area (Å²) in [5.41, 5.74) is 7.97. The van der Waals surface area contributed by atoms with Crippen molar-refractivity contribution in [3.8, 4) is 0 Å². The number of pyridine rings is 1. The summed E-state index contributed by atoms with van der Waals surface area (Å²) in [7, 11) is 1.77. The number of ether oxygens (including phenoxy) is 1. The van der Waals surface area contributed by atoms with Crippen LogP contribution in [0.25, 0.3) is 0 Å². The Balaban J connectivity index is 3.29. The number of nitrogens with two attached hydrogens (primary N) is 1. The van der Waals surface area contributed by atoms with E-state index in [1.165, 1.54) is 0 Å². The Morgan fingerprint density at radius 1 is 1.37 bits per heavy atom. The van der Waals surface area contributed by atoms with E-state index < -0.39 is 0 Å². The van der Waals surface area contributed by atoms with Gasteiger partial charge in [0.1, 0.15) is 5.82 Å². The van der Waals surface area contributed by atoms with Gasteiger partial charge in [-0.3, -0.25) is 0 Å². The molecule has 19 heavy (non-hydrogen) atoms. The van der Waals surface area contributed by atoms with Gasteiger partial charge < -0.3 is 15.8 Å². The van der Waals surface area contributed by atoms with Crippen LogP contribution in [0.2, 0.25) is 0 Å². The topological polar surface area (TPSA) is 60.2 Å². The van der Waals surface area contributed by atoms with E-state index in [0.29, 0.717) is 5.82 Å². The van der Waals surface area contributed by atoms with Crippen molar-refractivity contribution in [2.45, 2.75) is 52.2 Å². The third-order valence-corrected chi connectivity index (χ3v) is 3.94. The average molecular weight is 265 g/mol. The van der Waals surface area contributed by atoms with Gasteiger partial charge in [-0.1, -0.05) is 20.8 Å². The van der Waals surface area contributed by atoms with Crippen molar-refractivity contribution in [3.05, 3.63) is 23.4 Å². The molecule has 0 amide bonds. The highest BCUT2D eigenvalue weighted by molar-refractivity contribution is 5.44. The van der Waals surface area contributed by atoms with E-state index >= 15 is 0 Å².